The lowest BCUT2D eigenvalue weighted by Crippen LogP contribution is -2.31. The first-order valence-electron chi connectivity index (χ1n) is 16.2. The molecule has 0 amide bonds. The Hall–Kier alpha value is -3.45. The van der Waals surface area contributed by atoms with E-state index in [1.54, 1.807) is 0 Å². The van der Waals surface area contributed by atoms with E-state index in [0.717, 1.165) is 32.3 Å². The fourth-order valence-electron chi connectivity index (χ4n) is 6.50. The van der Waals surface area contributed by atoms with Crippen LogP contribution in [0.1, 0.15) is 0 Å². The quantitative estimate of drug-likeness (QED) is 0.0904. The lowest BCUT2D eigenvalue weighted by Gasteiger charge is -2.26. The van der Waals surface area contributed by atoms with Gasteiger partial charge in [-0.2, -0.15) is 9.97 Å². The molecular weight excluding hydrogens is 637 g/mol. The molecule has 2 aromatic heterocycles. The van der Waals surface area contributed by atoms with Crippen LogP contribution in [0, 0.1) is 0 Å². The Bertz CT molecular complexity index is 2000. The van der Waals surface area contributed by atoms with Gasteiger partial charge in [0.1, 0.15) is 0 Å². The monoisotopic (exact) mass is 680 g/mol. The number of aromatic nitrogens is 2. The van der Waals surface area contributed by atoms with Crippen molar-refractivity contribution in [2.24, 2.45) is 0 Å². The van der Waals surface area contributed by atoms with Gasteiger partial charge in [-0.1, -0.05) is 24.3 Å². The van der Waals surface area contributed by atoms with Crippen molar-refractivity contribution in [1.82, 2.24) is 9.97 Å². The first-order chi connectivity index (χ1) is 21.3. The number of nitrogens with zero attached hydrogens (tertiary/aromatic N) is 2. The lowest BCUT2D eigenvalue weighted by molar-refractivity contribution is 0.501. The summed E-state index contributed by atoms with van der Waals surface area (Å²) in [7, 11) is -7.87. The molecule has 7 rings (SSSR count). The first kappa shape index (κ1) is 31.2. The summed E-state index contributed by atoms with van der Waals surface area (Å²) < 4.78 is 26.6. The Kier molecular flexibility index (Phi) is 6.79. The van der Waals surface area contributed by atoms with Crippen molar-refractivity contribution in [3.63, 3.8) is 0 Å². The van der Waals surface area contributed by atoms with Crippen molar-refractivity contribution < 1.29 is 17.7 Å². The summed E-state index contributed by atoms with van der Waals surface area (Å²) in [5.41, 5.74) is 0. The van der Waals surface area contributed by atoms with Gasteiger partial charge in [-0.3, -0.25) is 0 Å². The van der Waals surface area contributed by atoms with Crippen molar-refractivity contribution in [1.29, 1.82) is 0 Å². The number of hydrogen-bond donors (Lipinski definition) is 0. The third-order valence-corrected chi connectivity index (χ3v) is 11.1. The lowest BCUT2D eigenvalue weighted by atomic mass is 9.86. The van der Waals surface area contributed by atoms with Gasteiger partial charge in [-0.25, -0.2) is 0 Å². The summed E-state index contributed by atoms with van der Waals surface area (Å²) in [6.45, 7) is 26.4. The highest BCUT2D eigenvalue weighted by atomic mass is 28.4. The molecule has 0 fully saturated rings. The van der Waals surface area contributed by atoms with E-state index in [9.17, 15) is 0 Å². The highest BCUT2D eigenvalue weighted by Crippen LogP contribution is 2.50. The van der Waals surface area contributed by atoms with E-state index < -0.39 is 33.3 Å². The zero-order valence-electron chi connectivity index (χ0n) is 29.1. The van der Waals surface area contributed by atoms with Gasteiger partial charge in [0.2, 0.25) is 56.8 Å². The van der Waals surface area contributed by atoms with Crippen LogP contribution in [0.5, 0.6) is 23.5 Å². The van der Waals surface area contributed by atoms with Gasteiger partial charge in [-0.05, 0) is 135 Å². The molecule has 5 aromatic carbocycles. The van der Waals surface area contributed by atoms with E-state index in [-0.39, 0.29) is 0 Å². The molecule has 0 N–H and O–H groups in total. The summed E-state index contributed by atoms with van der Waals surface area (Å²) in [5.74, 6) is 2.69. The third kappa shape index (κ3) is 5.38. The van der Waals surface area contributed by atoms with E-state index in [0.29, 0.717) is 23.5 Å². The van der Waals surface area contributed by atoms with Crippen LogP contribution in [0.3, 0.4) is 0 Å². The fourth-order valence-corrected chi connectivity index (χ4v) is 9.44. The number of fused-ring (bicyclic) bond motifs is 2. The molecule has 0 bridgehead atoms. The molecule has 7 aromatic rings. The van der Waals surface area contributed by atoms with Crippen LogP contribution < -0.4 is 17.7 Å². The smallest absolute Gasteiger partial charge is 0.244 e. The minimum absolute atomic E-state index is 0.673. The third-order valence-electron chi connectivity index (χ3n) is 7.84. The Morgan fingerprint density at radius 2 is 0.478 bits per heavy atom. The largest absolute Gasteiger partial charge is 0.531 e. The van der Waals surface area contributed by atoms with Crippen LogP contribution >= 0.6 is 0 Å². The minimum atomic E-state index is -1.97. The van der Waals surface area contributed by atoms with Gasteiger partial charge in [0.25, 0.3) is 0 Å². The molecule has 10 heteroatoms. The van der Waals surface area contributed by atoms with Crippen LogP contribution in [0.4, 0.5) is 0 Å². The Balaban J connectivity index is 1.65. The maximum absolute atomic E-state index is 6.65. The number of rotatable bonds is 8. The summed E-state index contributed by atoms with van der Waals surface area (Å²) >= 11 is 0. The molecule has 0 aliphatic rings. The molecule has 2 heterocycles. The standard InChI is InChI=1S/C36H44N2O4Si4/c1-43(2,3)39-33-25-17-13-21-23-15-19-27-32-28(36(42-46(10,11)12)38-35(27)41-45(7,8)9)20-16-24(30(23)32)22-14-18-26(31(25)29(21)22)34(37-33)40-44(4,5)6/h13-20H,1-12H3. The highest BCUT2D eigenvalue weighted by Gasteiger charge is 2.29. The second kappa shape index (κ2) is 10.0. The van der Waals surface area contributed by atoms with Crippen molar-refractivity contribution in [2.75, 3.05) is 0 Å². The van der Waals surface area contributed by atoms with Gasteiger partial charge in [0, 0.05) is 32.3 Å². The number of benzene rings is 5. The molecule has 0 aliphatic carbocycles. The molecule has 0 spiro atoms. The van der Waals surface area contributed by atoms with Crippen LogP contribution in [0.25, 0.3) is 64.6 Å². The fraction of sp³-hybridized carbons (Fsp3) is 0.333. The van der Waals surface area contributed by atoms with E-state index in [1.165, 1.54) is 32.3 Å². The van der Waals surface area contributed by atoms with Crippen molar-refractivity contribution in [2.45, 2.75) is 78.6 Å². The van der Waals surface area contributed by atoms with Gasteiger partial charge < -0.3 is 17.7 Å². The maximum atomic E-state index is 6.65. The van der Waals surface area contributed by atoms with Crippen LogP contribution in [-0.2, 0) is 0 Å². The molecule has 0 unspecified atom stereocenters. The highest BCUT2D eigenvalue weighted by molar-refractivity contribution is 6.72. The van der Waals surface area contributed by atoms with Gasteiger partial charge in [0.15, 0.2) is 0 Å². The van der Waals surface area contributed by atoms with E-state index in [4.69, 9.17) is 27.7 Å². The Labute approximate surface area is 275 Å². The zero-order valence-corrected chi connectivity index (χ0v) is 33.1. The van der Waals surface area contributed by atoms with Crippen LogP contribution in [0.15, 0.2) is 48.5 Å². The van der Waals surface area contributed by atoms with E-state index in [1.807, 2.05) is 0 Å². The number of pyridine rings is 2. The van der Waals surface area contributed by atoms with Gasteiger partial charge in [0.05, 0.1) is 0 Å². The number of hydrogen-bond acceptors (Lipinski definition) is 6. The molecule has 46 heavy (non-hydrogen) atoms. The Morgan fingerprint density at radius 3 is 0.674 bits per heavy atom. The second-order valence-electron chi connectivity index (χ2n) is 16.4. The summed E-state index contributed by atoms with van der Waals surface area (Å²) in [6, 6.07) is 17.8. The van der Waals surface area contributed by atoms with Crippen molar-refractivity contribution >= 4 is 97.9 Å². The average molecular weight is 681 g/mol. The van der Waals surface area contributed by atoms with Crippen molar-refractivity contribution in [3.05, 3.63) is 48.5 Å². The Morgan fingerprint density at radius 1 is 0.304 bits per heavy atom. The van der Waals surface area contributed by atoms with Crippen LogP contribution in [0.2, 0.25) is 78.6 Å². The van der Waals surface area contributed by atoms with E-state index in [2.05, 4.69) is 127 Å². The topological polar surface area (TPSA) is 62.7 Å². The molecule has 0 saturated carbocycles. The summed E-state index contributed by atoms with van der Waals surface area (Å²) in [5, 5.41) is 13.7. The SMILES string of the molecule is C[Si](C)(C)Oc1nc(O[Si](C)(C)C)c2ccc3c4ccc5c(O[Si](C)(C)C)nc(O[Si](C)(C)C)c6ccc(c7ccc1c2c73)c4c65. The average Bonchev–Trinajstić information content (AvgIpc) is 2.90. The van der Waals surface area contributed by atoms with Gasteiger partial charge in [-0.15, -0.1) is 0 Å². The zero-order chi connectivity index (χ0) is 33.1. The predicted octanol–water partition coefficient (Wildman–Crippen LogP) is 11.1. The van der Waals surface area contributed by atoms with Crippen LogP contribution in [-0.4, -0.2) is 43.2 Å². The summed E-state index contributed by atoms with van der Waals surface area (Å²) in [6.07, 6.45) is 0. The van der Waals surface area contributed by atoms with E-state index >= 15 is 0 Å². The molecule has 0 saturated heterocycles. The molecule has 0 aliphatic heterocycles. The molecule has 6 nitrogen and oxygen atoms in total. The molecule has 238 valence electrons. The van der Waals surface area contributed by atoms with Gasteiger partial charge >= 0.3 is 0 Å². The summed E-state index contributed by atoms with van der Waals surface area (Å²) in [4.78, 5) is 10.1. The minimum Gasteiger partial charge on any atom is -0.531 e. The molecule has 0 radical (unpaired) electrons. The maximum Gasteiger partial charge on any atom is 0.244 e. The predicted molar refractivity (Wildman–Crippen MR) is 205 cm³/mol. The molecule has 0 atom stereocenters. The second-order valence-corrected chi connectivity index (χ2v) is 34.2. The van der Waals surface area contributed by atoms with Crippen molar-refractivity contribution in [3.8, 4) is 23.5 Å². The normalized spacial score (nSPS) is 13.7. The first-order valence-corrected chi connectivity index (χ1v) is 29.8. The molecular formula is C36H44N2O4Si4.